The molecule has 0 radical (unpaired) electrons. The summed E-state index contributed by atoms with van der Waals surface area (Å²) in [6.07, 6.45) is 2.14. The highest BCUT2D eigenvalue weighted by molar-refractivity contribution is 6.32. The van der Waals surface area contributed by atoms with Crippen molar-refractivity contribution in [1.29, 1.82) is 0 Å². The fraction of sp³-hybridized carbons (Fsp3) is 0.467. The molecule has 0 unspecified atom stereocenters. The van der Waals surface area contributed by atoms with Crippen molar-refractivity contribution in [1.82, 2.24) is 20.5 Å². The molecule has 2 saturated heterocycles. The van der Waals surface area contributed by atoms with Crippen LogP contribution in [0.25, 0.3) is 0 Å². The summed E-state index contributed by atoms with van der Waals surface area (Å²) in [5.74, 6) is 0.188. The molecule has 0 aromatic carbocycles. The molecule has 0 aliphatic carbocycles. The van der Waals surface area contributed by atoms with E-state index < -0.39 is 12.1 Å². The number of halogens is 1. The number of nitrogens with zero attached hydrogens (tertiary/aromatic N) is 3. The van der Waals surface area contributed by atoms with Crippen LogP contribution < -0.4 is 15.5 Å². The van der Waals surface area contributed by atoms with Crippen molar-refractivity contribution < 1.29 is 14.4 Å². The number of carbonyl (C=O) groups excluding carboxylic acids is 3. The van der Waals surface area contributed by atoms with Crippen LogP contribution in [0.4, 0.5) is 10.6 Å². The number of piperazine rings is 1. The van der Waals surface area contributed by atoms with Gasteiger partial charge in [0.1, 0.15) is 11.9 Å². The lowest BCUT2D eigenvalue weighted by atomic mass is 10.1. The highest BCUT2D eigenvalue weighted by Crippen LogP contribution is 2.23. The van der Waals surface area contributed by atoms with Gasteiger partial charge in [0.25, 0.3) is 0 Å². The molecule has 1 aromatic heterocycles. The minimum atomic E-state index is -0.665. The molecule has 0 bridgehead atoms. The first-order valence-corrected chi connectivity index (χ1v) is 8.17. The maximum atomic E-state index is 12.6. The van der Waals surface area contributed by atoms with Crippen molar-refractivity contribution in [2.75, 3.05) is 31.1 Å². The summed E-state index contributed by atoms with van der Waals surface area (Å²) in [5.41, 5.74) is 0. The second kappa shape index (κ2) is 7.04. The Morgan fingerprint density at radius 3 is 2.71 bits per heavy atom. The van der Waals surface area contributed by atoms with E-state index in [4.69, 9.17) is 11.6 Å². The van der Waals surface area contributed by atoms with Crippen LogP contribution in [0.15, 0.2) is 18.3 Å². The molecule has 3 heterocycles. The Bertz CT molecular complexity index is 660. The molecule has 4 amide bonds. The maximum absolute atomic E-state index is 12.6. The summed E-state index contributed by atoms with van der Waals surface area (Å²) in [6.45, 7) is 2.25. The smallest absolute Gasteiger partial charge is 0.322 e. The van der Waals surface area contributed by atoms with Crippen LogP contribution in [0, 0.1) is 0 Å². The first kappa shape index (κ1) is 16.5. The van der Waals surface area contributed by atoms with E-state index >= 15 is 0 Å². The number of hydrogen-bond acceptors (Lipinski definition) is 5. The number of amides is 4. The van der Waals surface area contributed by atoms with E-state index in [1.807, 2.05) is 4.90 Å². The Hall–Kier alpha value is -2.35. The molecular formula is C15H18ClN5O3. The molecule has 2 N–H and O–H groups in total. The quantitative estimate of drug-likeness (QED) is 0.803. The largest absolute Gasteiger partial charge is 0.352 e. The van der Waals surface area contributed by atoms with Gasteiger partial charge < -0.3 is 15.1 Å². The van der Waals surface area contributed by atoms with E-state index in [-0.39, 0.29) is 18.2 Å². The van der Waals surface area contributed by atoms with Gasteiger partial charge in [0, 0.05) is 38.8 Å². The number of rotatable bonds is 2. The summed E-state index contributed by atoms with van der Waals surface area (Å²) < 4.78 is 0. The molecule has 2 fully saturated rings. The number of anilines is 1. The third-order valence-corrected chi connectivity index (χ3v) is 4.44. The lowest BCUT2D eigenvalue weighted by Gasteiger charge is -2.37. The van der Waals surface area contributed by atoms with Gasteiger partial charge in [-0.1, -0.05) is 11.6 Å². The van der Waals surface area contributed by atoms with E-state index in [1.54, 1.807) is 23.2 Å². The number of hydrogen-bond donors (Lipinski definition) is 2. The third kappa shape index (κ3) is 3.59. The SMILES string of the molecule is O=C1CC[C@H](C(=O)N2CCN(c3ncccc3Cl)CC2)NC(=O)N1. The molecular weight excluding hydrogens is 334 g/mol. The Balaban J connectivity index is 1.60. The van der Waals surface area contributed by atoms with Gasteiger partial charge in [-0.2, -0.15) is 0 Å². The van der Waals surface area contributed by atoms with Gasteiger partial charge in [0.2, 0.25) is 11.8 Å². The zero-order valence-corrected chi connectivity index (χ0v) is 13.8. The van der Waals surface area contributed by atoms with Gasteiger partial charge >= 0.3 is 6.03 Å². The predicted octanol–water partition coefficient (Wildman–Crippen LogP) is 0.372. The fourth-order valence-electron chi connectivity index (χ4n) is 2.89. The van der Waals surface area contributed by atoms with Gasteiger partial charge in [0.05, 0.1) is 5.02 Å². The lowest BCUT2D eigenvalue weighted by Crippen LogP contribution is -2.55. The van der Waals surface area contributed by atoms with E-state index in [0.717, 1.165) is 0 Å². The third-order valence-electron chi connectivity index (χ3n) is 4.15. The van der Waals surface area contributed by atoms with E-state index in [9.17, 15) is 14.4 Å². The Morgan fingerprint density at radius 2 is 2.00 bits per heavy atom. The first-order valence-electron chi connectivity index (χ1n) is 7.79. The minimum absolute atomic E-state index is 0.151. The van der Waals surface area contributed by atoms with Crippen LogP contribution >= 0.6 is 11.6 Å². The summed E-state index contributed by atoms with van der Waals surface area (Å²) in [6, 6.07) is 2.28. The number of carbonyl (C=O) groups is 3. The molecule has 3 rings (SSSR count). The molecule has 8 nitrogen and oxygen atoms in total. The molecule has 1 atom stereocenters. The summed E-state index contributed by atoms with van der Waals surface area (Å²) in [7, 11) is 0. The van der Waals surface area contributed by atoms with Crippen LogP contribution in [0.5, 0.6) is 0 Å². The molecule has 24 heavy (non-hydrogen) atoms. The van der Waals surface area contributed by atoms with Gasteiger partial charge in [-0.15, -0.1) is 0 Å². The van der Waals surface area contributed by atoms with E-state index in [2.05, 4.69) is 15.6 Å². The number of nitrogens with one attached hydrogen (secondary N) is 2. The van der Waals surface area contributed by atoms with Crippen LogP contribution in [-0.4, -0.2) is 60.0 Å². The Morgan fingerprint density at radius 1 is 1.25 bits per heavy atom. The normalized spacial score (nSPS) is 21.8. The fourth-order valence-corrected chi connectivity index (χ4v) is 3.13. The first-order chi connectivity index (χ1) is 11.5. The Labute approximate surface area is 144 Å². The number of pyridine rings is 1. The molecule has 0 spiro atoms. The standard InChI is InChI=1S/C15H18ClN5O3/c16-10-2-1-5-17-13(10)20-6-8-21(9-7-20)14(23)11-3-4-12(22)19-15(24)18-11/h1-2,5,11H,3-4,6-9H2,(H2,18,19,22,24)/t11-/m1/s1. The van der Waals surface area contributed by atoms with E-state index in [1.165, 1.54) is 0 Å². The van der Waals surface area contributed by atoms with Gasteiger partial charge in [0.15, 0.2) is 0 Å². The number of aromatic nitrogens is 1. The maximum Gasteiger partial charge on any atom is 0.322 e. The number of urea groups is 1. The van der Waals surface area contributed by atoms with Crippen molar-refractivity contribution in [3.63, 3.8) is 0 Å². The molecule has 128 valence electrons. The second-order valence-corrected chi connectivity index (χ2v) is 6.14. The zero-order valence-electron chi connectivity index (χ0n) is 13.0. The predicted molar refractivity (Wildman–Crippen MR) is 87.7 cm³/mol. The van der Waals surface area contributed by atoms with Crippen LogP contribution in [0.1, 0.15) is 12.8 Å². The molecule has 9 heteroatoms. The van der Waals surface area contributed by atoms with Crippen molar-refractivity contribution in [2.24, 2.45) is 0 Å². The molecule has 2 aliphatic rings. The van der Waals surface area contributed by atoms with Crippen LogP contribution in [-0.2, 0) is 9.59 Å². The van der Waals surface area contributed by atoms with Crippen molar-refractivity contribution in [3.05, 3.63) is 23.4 Å². The monoisotopic (exact) mass is 351 g/mol. The zero-order chi connectivity index (χ0) is 17.1. The second-order valence-electron chi connectivity index (χ2n) is 5.73. The molecule has 2 aliphatic heterocycles. The van der Waals surface area contributed by atoms with Gasteiger partial charge in [-0.05, 0) is 18.6 Å². The highest BCUT2D eigenvalue weighted by atomic mass is 35.5. The average molecular weight is 352 g/mol. The minimum Gasteiger partial charge on any atom is -0.352 e. The Kier molecular flexibility index (Phi) is 4.84. The van der Waals surface area contributed by atoms with Crippen molar-refractivity contribution in [2.45, 2.75) is 18.9 Å². The number of imide groups is 1. The molecule has 0 saturated carbocycles. The van der Waals surface area contributed by atoms with Crippen molar-refractivity contribution in [3.8, 4) is 0 Å². The van der Waals surface area contributed by atoms with Crippen LogP contribution in [0.2, 0.25) is 5.02 Å². The lowest BCUT2D eigenvalue weighted by molar-refractivity contribution is -0.133. The van der Waals surface area contributed by atoms with Crippen LogP contribution in [0.3, 0.4) is 0 Å². The van der Waals surface area contributed by atoms with E-state index in [0.29, 0.717) is 43.4 Å². The topological polar surface area (TPSA) is 94.6 Å². The summed E-state index contributed by atoms with van der Waals surface area (Å²) in [5, 5.41) is 5.30. The van der Waals surface area contributed by atoms with Crippen molar-refractivity contribution >= 4 is 35.3 Å². The highest BCUT2D eigenvalue weighted by Gasteiger charge is 2.31. The molecule has 1 aromatic rings. The van der Waals surface area contributed by atoms with Gasteiger partial charge in [-0.3, -0.25) is 14.9 Å². The summed E-state index contributed by atoms with van der Waals surface area (Å²) in [4.78, 5) is 43.5. The van der Waals surface area contributed by atoms with Gasteiger partial charge in [-0.25, -0.2) is 9.78 Å². The average Bonchev–Trinajstić information content (AvgIpc) is 2.75. The summed E-state index contributed by atoms with van der Waals surface area (Å²) >= 11 is 6.16.